The van der Waals surface area contributed by atoms with Crippen molar-refractivity contribution in [2.24, 2.45) is 0 Å². The van der Waals surface area contributed by atoms with Crippen molar-refractivity contribution in [3.8, 4) is 11.5 Å². The molecule has 0 saturated heterocycles. The summed E-state index contributed by atoms with van der Waals surface area (Å²) in [5.74, 6) is 2.13. The van der Waals surface area contributed by atoms with Crippen LogP contribution < -0.4 is 9.47 Å². The maximum atomic E-state index is 6.37. The molecule has 0 spiro atoms. The van der Waals surface area contributed by atoms with E-state index in [1.165, 1.54) is 27.8 Å². The molecule has 2 aromatic rings. The van der Waals surface area contributed by atoms with Crippen molar-refractivity contribution in [3.05, 3.63) is 58.1 Å². The maximum absolute atomic E-state index is 6.37. The lowest BCUT2D eigenvalue weighted by molar-refractivity contribution is 0.187. The fourth-order valence-corrected chi connectivity index (χ4v) is 3.97. The predicted molar refractivity (Wildman–Crippen MR) is 119 cm³/mol. The predicted octanol–water partition coefficient (Wildman–Crippen LogP) is 5.65. The number of ether oxygens (including phenoxy) is 2. The number of halogens is 1. The van der Waals surface area contributed by atoms with Crippen LogP contribution in [-0.4, -0.2) is 30.6 Å². The molecule has 2 aromatic carbocycles. The first-order valence-electron chi connectivity index (χ1n) is 10.2. The van der Waals surface area contributed by atoms with E-state index < -0.39 is 0 Å². The Labute approximate surface area is 176 Å². The molecule has 28 heavy (non-hydrogen) atoms. The van der Waals surface area contributed by atoms with Crippen LogP contribution in [0.15, 0.2) is 30.3 Å². The minimum Gasteiger partial charge on any atom is -0.489 e. The van der Waals surface area contributed by atoms with E-state index >= 15 is 0 Å². The molecule has 0 radical (unpaired) electrons. The summed E-state index contributed by atoms with van der Waals surface area (Å²) in [5.41, 5.74) is 6.21. The van der Waals surface area contributed by atoms with Crippen molar-refractivity contribution in [2.75, 3.05) is 19.6 Å². The highest BCUT2D eigenvalue weighted by Crippen LogP contribution is 2.43. The molecule has 0 amide bonds. The molecule has 0 aromatic heterocycles. The molecule has 0 fully saturated rings. The zero-order chi connectivity index (χ0) is 19.4. The first-order chi connectivity index (χ1) is 13.0. The number of hydrogen-bond donors (Lipinski definition) is 0. The van der Waals surface area contributed by atoms with Crippen molar-refractivity contribution in [2.45, 2.75) is 60.2 Å². The largest absolute Gasteiger partial charge is 0.489 e. The summed E-state index contributed by atoms with van der Waals surface area (Å²) in [6.07, 6.45) is 2.35. The molecule has 3 rings (SSSR count). The lowest BCUT2D eigenvalue weighted by Gasteiger charge is -2.20. The summed E-state index contributed by atoms with van der Waals surface area (Å²) in [6, 6.07) is 10.4. The Morgan fingerprint density at radius 3 is 2.32 bits per heavy atom. The van der Waals surface area contributed by atoms with Gasteiger partial charge in [0.1, 0.15) is 24.2 Å². The zero-order valence-electron chi connectivity index (χ0n) is 17.9. The van der Waals surface area contributed by atoms with E-state index in [-0.39, 0.29) is 18.5 Å². The van der Waals surface area contributed by atoms with E-state index in [2.05, 4.69) is 63.8 Å². The van der Waals surface area contributed by atoms with E-state index in [0.717, 1.165) is 44.0 Å². The Hall–Kier alpha value is -1.71. The van der Waals surface area contributed by atoms with Crippen LogP contribution in [0.4, 0.5) is 0 Å². The van der Waals surface area contributed by atoms with Gasteiger partial charge >= 0.3 is 0 Å². The topological polar surface area (TPSA) is 21.7 Å². The fourth-order valence-electron chi connectivity index (χ4n) is 3.97. The Morgan fingerprint density at radius 1 is 1.00 bits per heavy atom. The van der Waals surface area contributed by atoms with Crippen LogP contribution in [0.25, 0.3) is 0 Å². The number of rotatable bonds is 8. The number of nitrogens with zero attached hydrogens (tertiary/aromatic N) is 1. The van der Waals surface area contributed by atoms with E-state index in [1.807, 2.05) is 6.07 Å². The second-order valence-electron chi connectivity index (χ2n) is 7.55. The maximum Gasteiger partial charge on any atom is 0.126 e. The molecule has 1 atom stereocenters. The third kappa shape index (κ3) is 4.82. The minimum absolute atomic E-state index is 0. The SMILES string of the molecule is CCN(CC)CCC1Cc2c(C)c(OCc3ccccc3)c(C)c(C)c2O1.Cl. The standard InChI is InChI=1S/C24H33NO2.ClH/c1-6-25(7-2)14-13-21-15-22-19(5)23(17(3)18(4)24(22)27-21)26-16-20-11-9-8-10-12-20;/h8-12,21H,6-7,13-16H2,1-5H3;1H. The van der Waals surface area contributed by atoms with Gasteiger partial charge in [0.05, 0.1) is 0 Å². The first-order valence-corrected chi connectivity index (χ1v) is 10.2. The minimum atomic E-state index is 0. The quantitative estimate of drug-likeness (QED) is 0.568. The van der Waals surface area contributed by atoms with Gasteiger partial charge in [0.15, 0.2) is 0 Å². The third-order valence-electron chi connectivity index (χ3n) is 5.92. The normalized spacial score (nSPS) is 15.1. The highest BCUT2D eigenvalue weighted by molar-refractivity contribution is 5.85. The second-order valence-corrected chi connectivity index (χ2v) is 7.55. The molecule has 1 unspecified atom stereocenters. The summed E-state index contributed by atoms with van der Waals surface area (Å²) in [7, 11) is 0. The van der Waals surface area contributed by atoms with Crippen molar-refractivity contribution in [1.29, 1.82) is 0 Å². The van der Waals surface area contributed by atoms with Crippen molar-refractivity contribution < 1.29 is 9.47 Å². The number of hydrogen-bond acceptors (Lipinski definition) is 3. The van der Waals surface area contributed by atoms with Gasteiger partial charge in [-0.2, -0.15) is 0 Å². The van der Waals surface area contributed by atoms with E-state index in [0.29, 0.717) is 6.61 Å². The Morgan fingerprint density at radius 2 is 1.68 bits per heavy atom. The lowest BCUT2D eigenvalue weighted by atomic mass is 9.95. The number of fused-ring (bicyclic) bond motifs is 1. The summed E-state index contributed by atoms with van der Waals surface area (Å²) in [5, 5.41) is 0. The summed E-state index contributed by atoms with van der Waals surface area (Å²) < 4.78 is 12.6. The Kier molecular flexibility index (Phi) is 8.21. The van der Waals surface area contributed by atoms with Gasteiger partial charge in [0.25, 0.3) is 0 Å². The van der Waals surface area contributed by atoms with Crippen molar-refractivity contribution >= 4 is 12.4 Å². The van der Waals surface area contributed by atoms with Gasteiger partial charge in [-0.1, -0.05) is 44.2 Å². The van der Waals surface area contributed by atoms with Crippen molar-refractivity contribution in [3.63, 3.8) is 0 Å². The highest BCUT2D eigenvalue weighted by atomic mass is 35.5. The monoisotopic (exact) mass is 403 g/mol. The van der Waals surface area contributed by atoms with Gasteiger partial charge < -0.3 is 14.4 Å². The smallest absolute Gasteiger partial charge is 0.126 e. The third-order valence-corrected chi connectivity index (χ3v) is 5.92. The number of benzene rings is 2. The van der Waals surface area contributed by atoms with E-state index in [1.54, 1.807) is 0 Å². The molecule has 0 N–H and O–H groups in total. The van der Waals surface area contributed by atoms with Gasteiger partial charge in [0, 0.05) is 18.5 Å². The highest BCUT2D eigenvalue weighted by Gasteiger charge is 2.29. The van der Waals surface area contributed by atoms with Crippen LogP contribution in [0.1, 0.15) is 48.1 Å². The summed E-state index contributed by atoms with van der Waals surface area (Å²) in [4.78, 5) is 2.46. The Bertz CT molecular complexity index is 772. The van der Waals surface area contributed by atoms with Crippen LogP contribution in [0.3, 0.4) is 0 Å². The molecule has 1 aliphatic rings. The van der Waals surface area contributed by atoms with Crippen LogP contribution in [0.2, 0.25) is 0 Å². The average Bonchev–Trinajstić information content (AvgIpc) is 3.12. The molecular weight excluding hydrogens is 370 g/mol. The van der Waals surface area contributed by atoms with Gasteiger partial charge in [-0.05, 0) is 62.5 Å². The molecule has 3 nitrogen and oxygen atoms in total. The molecule has 1 heterocycles. The lowest BCUT2D eigenvalue weighted by Crippen LogP contribution is -2.28. The molecular formula is C24H34ClNO2. The fraction of sp³-hybridized carbons (Fsp3) is 0.500. The van der Waals surface area contributed by atoms with Crippen LogP contribution in [-0.2, 0) is 13.0 Å². The average molecular weight is 404 g/mol. The van der Waals surface area contributed by atoms with E-state index in [9.17, 15) is 0 Å². The second kappa shape index (κ2) is 10.2. The van der Waals surface area contributed by atoms with E-state index in [4.69, 9.17) is 9.47 Å². The first kappa shape index (κ1) is 22.6. The zero-order valence-corrected chi connectivity index (χ0v) is 18.7. The van der Waals surface area contributed by atoms with Gasteiger partial charge in [0.2, 0.25) is 0 Å². The summed E-state index contributed by atoms with van der Waals surface area (Å²) >= 11 is 0. The van der Waals surface area contributed by atoms with Crippen LogP contribution in [0.5, 0.6) is 11.5 Å². The molecule has 0 aliphatic carbocycles. The van der Waals surface area contributed by atoms with Crippen molar-refractivity contribution in [1.82, 2.24) is 4.90 Å². The molecule has 4 heteroatoms. The van der Waals surface area contributed by atoms with Crippen LogP contribution >= 0.6 is 12.4 Å². The molecule has 154 valence electrons. The molecule has 1 aliphatic heterocycles. The summed E-state index contributed by atoms with van der Waals surface area (Å²) in [6.45, 7) is 14.8. The Balaban J connectivity index is 0.00000280. The van der Waals surface area contributed by atoms with Gasteiger partial charge in [-0.25, -0.2) is 0 Å². The van der Waals surface area contributed by atoms with Crippen LogP contribution in [0, 0.1) is 20.8 Å². The van der Waals surface area contributed by atoms with Gasteiger partial charge in [-0.3, -0.25) is 0 Å². The molecule has 0 bridgehead atoms. The molecule has 0 saturated carbocycles. The van der Waals surface area contributed by atoms with Gasteiger partial charge in [-0.15, -0.1) is 12.4 Å².